The zero-order valence-electron chi connectivity index (χ0n) is 19.6. The third kappa shape index (κ3) is 6.71. The molecule has 1 heterocycles. The quantitative estimate of drug-likeness (QED) is 0.571. The van der Waals surface area contributed by atoms with Crippen molar-refractivity contribution in [2.24, 2.45) is 0 Å². The average molecular weight is 510 g/mol. The third-order valence-electron chi connectivity index (χ3n) is 5.72. The lowest BCUT2D eigenvalue weighted by molar-refractivity contribution is -0.131. The van der Waals surface area contributed by atoms with Crippen molar-refractivity contribution in [2.75, 3.05) is 31.2 Å². The highest BCUT2D eigenvalue weighted by molar-refractivity contribution is 7.92. The van der Waals surface area contributed by atoms with Crippen molar-refractivity contribution in [1.82, 2.24) is 9.80 Å². The first-order valence-corrected chi connectivity index (χ1v) is 13.1. The van der Waals surface area contributed by atoms with E-state index in [4.69, 9.17) is 16.3 Å². The van der Waals surface area contributed by atoms with E-state index < -0.39 is 10.0 Å². The topological polar surface area (TPSA) is 79.0 Å². The number of sulfonamides is 1. The highest BCUT2D eigenvalue weighted by atomic mass is 35.5. The molecular weight excluding hydrogens is 481 g/mol. The van der Waals surface area contributed by atoms with Crippen molar-refractivity contribution in [3.05, 3.63) is 64.4 Å². The van der Waals surface area contributed by atoms with Crippen molar-refractivity contribution in [2.45, 2.75) is 32.5 Å². The Balaban J connectivity index is 1.74. The van der Waals surface area contributed by atoms with Gasteiger partial charge in [-0.3, -0.25) is 14.4 Å². The number of anilines is 1. The Hall–Kier alpha value is -2.62. The summed E-state index contributed by atoms with van der Waals surface area (Å²) >= 11 is 6.15. The number of hydrogen-bond donors (Lipinski definition) is 1. The van der Waals surface area contributed by atoms with Crippen molar-refractivity contribution in [1.29, 1.82) is 0 Å². The molecule has 1 N–H and O–H groups in total. The van der Waals surface area contributed by atoms with E-state index in [0.29, 0.717) is 30.9 Å². The molecule has 7 nitrogen and oxygen atoms in total. The molecule has 1 fully saturated rings. The van der Waals surface area contributed by atoms with Crippen LogP contribution in [0.3, 0.4) is 0 Å². The molecule has 2 aromatic carbocycles. The van der Waals surface area contributed by atoms with Gasteiger partial charge in [-0.1, -0.05) is 23.7 Å². The fourth-order valence-electron chi connectivity index (χ4n) is 3.96. The molecule has 0 aromatic heterocycles. The lowest BCUT2D eigenvalue weighted by Crippen LogP contribution is -2.57. The van der Waals surface area contributed by atoms with E-state index in [1.807, 2.05) is 6.92 Å². The molecule has 0 aliphatic carbocycles. The van der Waals surface area contributed by atoms with E-state index >= 15 is 0 Å². The highest BCUT2D eigenvalue weighted by Gasteiger charge is 2.31. The summed E-state index contributed by atoms with van der Waals surface area (Å²) in [6, 6.07) is 9.54. The van der Waals surface area contributed by atoms with Gasteiger partial charge in [0.1, 0.15) is 11.6 Å². The molecule has 34 heavy (non-hydrogen) atoms. The van der Waals surface area contributed by atoms with Crippen LogP contribution in [-0.2, 0) is 21.4 Å². The van der Waals surface area contributed by atoms with Gasteiger partial charge in [-0.05, 0) is 49.8 Å². The molecule has 0 bridgehead atoms. The van der Waals surface area contributed by atoms with E-state index in [0.717, 1.165) is 11.8 Å². The molecule has 1 aliphatic rings. The zero-order chi connectivity index (χ0) is 25.0. The predicted octanol–water partition coefficient (Wildman–Crippen LogP) is 3.99. The van der Waals surface area contributed by atoms with Crippen LogP contribution >= 0.6 is 11.6 Å². The smallest absolute Gasteiger partial charge is 0.246 e. The van der Waals surface area contributed by atoms with Crippen molar-refractivity contribution < 1.29 is 22.3 Å². The lowest BCUT2D eigenvalue weighted by atomic mass is 10.1. The van der Waals surface area contributed by atoms with Crippen molar-refractivity contribution in [3.63, 3.8) is 0 Å². The molecule has 1 aliphatic heterocycles. The molecule has 0 saturated carbocycles. The van der Waals surface area contributed by atoms with Gasteiger partial charge >= 0.3 is 0 Å². The van der Waals surface area contributed by atoms with Gasteiger partial charge < -0.3 is 9.64 Å². The fraction of sp³-hybridized carbons (Fsp3) is 0.375. The van der Waals surface area contributed by atoms with Crippen molar-refractivity contribution >= 4 is 39.3 Å². The summed E-state index contributed by atoms with van der Waals surface area (Å²) < 4.78 is 44.3. The number of nitrogens with one attached hydrogen (secondary N) is 1. The Bertz CT molecular complexity index is 1170. The number of benzene rings is 2. The number of carbonyl (C=O) groups is 1. The predicted molar refractivity (Wildman–Crippen MR) is 133 cm³/mol. The Morgan fingerprint density at radius 2 is 1.88 bits per heavy atom. The minimum Gasteiger partial charge on any atom is -0.495 e. The summed E-state index contributed by atoms with van der Waals surface area (Å²) in [4.78, 5) is 17.1. The summed E-state index contributed by atoms with van der Waals surface area (Å²) in [5.74, 6) is -0.0789. The van der Waals surface area contributed by atoms with Crippen LogP contribution < -0.4 is 9.46 Å². The molecule has 1 amide bonds. The summed E-state index contributed by atoms with van der Waals surface area (Å²) in [5.41, 5.74) is 1.72. The molecule has 1 saturated heterocycles. The van der Waals surface area contributed by atoms with Gasteiger partial charge in [-0.2, -0.15) is 0 Å². The van der Waals surface area contributed by atoms with Crippen LogP contribution in [0.4, 0.5) is 10.1 Å². The number of methoxy groups -OCH3 is 1. The minimum atomic E-state index is -3.55. The summed E-state index contributed by atoms with van der Waals surface area (Å²) in [7, 11) is -2.09. The first-order chi connectivity index (χ1) is 16.0. The number of rotatable bonds is 7. The number of carbonyl (C=O) groups excluding carboxylic acids is 1. The van der Waals surface area contributed by atoms with E-state index in [-0.39, 0.29) is 34.5 Å². The van der Waals surface area contributed by atoms with Gasteiger partial charge in [0.25, 0.3) is 0 Å². The molecule has 0 spiro atoms. The van der Waals surface area contributed by atoms with Gasteiger partial charge in [0.15, 0.2) is 0 Å². The second kappa shape index (κ2) is 10.8. The molecule has 1 unspecified atom stereocenters. The number of nitrogens with zero attached hydrogens (tertiary/aromatic N) is 2. The van der Waals surface area contributed by atoms with Crippen LogP contribution in [0, 0.1) is 5.82 Å². The fourth-order valence-corrected chi connectivity index (χ4v) is 4.78. The second-order valence-corrected chi connectivity index (χ2v) is 10.7. The second-order valence-electron chi connectivity index (χ2n) is 8.53. The number of piperazine rings is 1. The van der Waals surface area contributed by atoms with Crippen molar-refractivity contribution in [3.8, 4) is 5.75 Å². The van der Waals surface area contributed by atoms with Gasteiger partial charge in [0.2, 0.25) is 15.9 Å². The highest BCUT2D eigenvalue weighted by Crippen LogP contribution is 2.32. The van der Waals surface area contributed by atoms with Crippen LogP contribution in [0.2, 0.25) is 5.02 Å². The van der Waals surface area contributed by atoms with E-state index in [1.165, 1.54) is 31.4 Å². The molecule has 2 aromatic rings. The number of amides is 1. The molecular formula is C24H29ClFN3O4S. The van der Waals surface area contributed by atoms with Crippen LogP contribution in [-0.4, -0.2) is 62.7 Å². The maximum Gasteiger partial charge on any atom is 0.246 e. The normalized spacial score (nSPS) is 19.4. The molecule has 3 rings (SSSR count). The van der Waals surface area contributed by atoms with Gasteiger partial charge in [-0.25, -0.2) is 12.8 Å². The number of halogens is 2. The standard InChI is InChI=1S/C24H29ClFN3O4S/c1-16-14-29(17(2)13-28(16)15-18-5-8-20(26)9-6-18)24(30)10-7-19-11-23(33-3)21(25)12-22(19)27-34(4,31)32/h5-12,16-17,27H,13-15H2,1-4H3/t16-,17?/m0/s1. The largest absolute Gasteiger partial charge is 0.495 e. The van der Waals surface area contributed by atoms with Crippen LogP contribution in [0.15, 0.2) is 42.5 Å². The zero-order valence-corrected chi connectivity index (χ0v) is 21.2. The Labute approximate surface area is 205 Å². The number of ether oxygens (including phenoxy) is 1. The summed E-state index contributed by atoms with van der Waals surface area (Å²) in [6.07, 6.45) is 4.02. The Kier molecular flexibility index (Phi) is 8.22. The minimum absolute atomic E-state index is 0.0397. The number of hydrogen-bond acceptors (Lipinski definition) is 5. The summed E-state index contributed by atoms with van der Waals surface area (Å²) in [6.45, 7) is 5.92. The van der Waals surface area contributed by atoms with Gasteiger partial charge in [-0.15, -0.1) is 0 Å². The van der Waals surface area contributed by atoms with Crippen LogP contribution in [0.25, 0.3) is 6.08 Å². The maximum absolute atomic E-state index is 13.2. The van der Waals surface area contributed by atoms with Gasteiger partial charge in [0, 0.05) is 43.4 Å². The molecule has 0 radical (unpaired) electrons. The summed E-state index contributed by atoms with van der Waals surface area (Å²) in [5, 5.41) is 0.247. The maximum atomic E-state index is 13.2. The first kappa shape index (κ1) is 26.0. The average Bonchev–Trinajstić information content (AvgIpc) is 2.75. The van der Waals surface area contributed by atoms with Crippen LogP contribution in [0.5, 0.6) is 5.75 Å². The molecule has 2 atom stereocenters. The molecule has 184 valence electrons. The SMILES string of the molecule is COc1cc(C=CC(=O)N2C[C@H](C)N(Cc3ccc(F)cc3)CC2C)c(NS(C)(=O)=O)cc1Cl. The Morgan fingerprint density at radius 1 is 1.21 bits per heavy atom. The first-order valence-electron chi connectivity index (χ1n) is 10.8. The van der Waals surface area contributed by atoms with Crippen LogP contribution in [0.1, 0.15) is 25.0 Å². The third-order valence-corrected chi connectivity index (χ3v) is 6.61. The Morgan fingerprint density at radius 3 is 2.50 bits per heavy atom. The van der Waals surface area contributed by atoms with E-state index in [9.17, 15) is 17.6 Å². The van der Waals surface area contributed by atoms with Gasteiger partial charge in [0.05, 0.1) is 24.1 Å². The molecule has 10 heteroatoms. The van der Waals surface area contributed by atoms with E-state index in [2.05, 4.69) is 16.5 Å². The lowest BCUT2D eigenvalue weighted by Gasteiger charge is -2.44. The monoisotopic (exact) mass is 509 g/mol. The van der Waals surface area contributed by atoms with E-state index in [1.54, 1.807) is 29.2 Å².